The minimum Gasteiger partial charge on any atom is -0.396 e. The van der Waals surface area contributed by atoms with E-state index in [0.717, 1.165) is 35.7 Å². The van der Waals surface area contributed by atoms with E-state index in [0.29, 0.717) is 12.1 Å². The summed E-state index contributed by atoms with van der Waals surface area (Å²) in [5, 5.41) is 12.5. The number of aliphatic hydroxyl groups is 1. The maximum Gasteiger partial charge on any atom is 0.252 e. The molecule has 3 nitrogen and oxygen atoms in total. The standard InChI is InChI=1S/C15H20BrNO2/c1-11-4-5-13(16)12(8-11)14(19)17-9-15(10-18)6-2-3-7-15/h4-5,8,18H,2-3,6-7,9-10H2,1H3,(H,17,19). The lowest BCUT2D eigenvalue weighted by atomic mass is 9.87. The second-order valence-electron chi connectivity index (χ2n) is 5.53. The van der Waals surface area contributed by atoms with Crippen molar-refractivity contribution in [1.82, 2.24) is 5.32 Å². The Labute approximate surface area is 122 Å². The number of aliphatic hydroxyl groups excluding tert-OH is 1. The van der Waals surface area contributed by atoms with Crippen LogP contribution in [0, 0.1) is 12.3 Å². The maximum atomic E-state index is 12.2. The zero-order chi connectivity index (χ0) is 13.9. The Bertz CT molecular complexity index is 467. The minimum absolute atomic E-state index is 0.0738. The Hall–Kier alpha value is -0.870. The van der Waals surface area contributed by atoms with Crippen molar-refractivity contribution in [2.75, 3.05) is 13.2 Å². The van der Waals surface area contributed by atoms with Gasteiger partial charge >= 0.3 is 0 Å². The largest absolute Gasteiger partial charge is 0.396 e. The average molecular weight is 326 g/mol. The van der Waals surface area contributed by atoms with Gasteiger partial charge < -0.3 is 10.4 Å². The number of hydrogen-bond acceptors (Lipinski definition) is 2. The fourth-order valence-electron chi connectivity index (χ4n) is 2.69. The van der Waals surface area contributed by atoms with E-state index in [2.05, 4.69) is 21.2 Å². The molecule has 0 atom stereocenters. The molecule has 1 aromatic rings. The normalized spacial score (nSPS) is 17.4. The van der Waals surface area contributed by atoms with Crippen molar-refractivity contribution >= 4 is 21.8 Å². The van der Waals surface area contributed by atoms with Crippen molar-refractivity contribution in [2.24, 2.45) is 5.41 Å². The number of hydrogen-bond donors (Lipinski definition) is 2. The van der Waals surface area contributed by atoms with Crippen LogP contribution in [-0.2, 0) is 0 Å². The van der Waals surface area contributed by atoms with Crippen LogP contribution in [0.5, 0.6) is 0 Å². The molecule has 1 amide bonds. The number of rotatable bonds is 4. The molecule has 1 saturated carbocycles. The number of nitrogens with one attached hydrogen (secondary N) is 1. The van der Waals surface area contributed by atoms with Crippen molar-refractivity contribution in [3.63, 3.8) is 0 Å². The Morgan fingerprint density at radius 1 is 1.42 bits per heavy atom. The fourth-order valence-corrected chi connectivity index (χ4v) is 3.12. The molecule has 0 aromatic heterocycles. The van der Waals surface area contributed by atoms with Crippen LogP contribution >= 0.6 is 15.9 Å². The summed E-state index contributed by atoms with van der Waals surface area (Å²) in [5.41, 5.74) is 1.61. The second-order valence-corrected chi connectivity index (χ2v) is 6.39. The van der Waals surface area contributed by atoms with Gasteiger partial charge in [0.25, 0.3) is 5.91 Å². The number of carbonyl (C=O) groups excluding carboxylic acids is 1. The molecule has 1 aliphatic carbocycles. The molecule has 19 heavy (non-hydrogen) atoms. The second kappa shape index (κ2) is 6.06. The maximum absolute atomic E-state index is 12.2. The predicted octanol–water partition coefficient (Wildman–Crippen LogP) is 3.04. The number of carbonyl (C=O) groups is 1. The van der Waals surface area contributed by atoms with Gasteiger partial charge in [-0.3, -0.25) is 4.79 Å². The van der Waals surface area contributed by atoms with Gasteiger partial charge in [-0.2, -0.15) is 0 Å². The lowest BCUT2D eigenvalue weighted by Crippen LogP contribution is -2.38. The lowest BCUT2D eigenvalue weighted by molar-refractivity contribution is 0.0880. The third-order valence-electron chi connectivity index (χ3n) is 3.99. The molecule has 1 fully saturated rings. The average Bonchev–Trinajstić information content (AvgIpc) is 2.88. The van der Waals surface area contributed by atoms with Gasteiger partial charge in [0.1, 0.15) is 0 Å². The first-order valence-corrected chi connectivity index (χ1v) is 7.51. The van der Waals surface area contributed by atoms with E-state index >= 15 is 0 Å². The highest BCUT2D eigenvalue weighted by Gasteiger charge is 2.33. The summed E-state index contributed by atoms with van der Waals surface area (Å²) in [7, 11) is 0. The molecule has 0 saturated heterocycles. The molecule has 0 spiro atoms. The van der Waals surface area contributed by atoms with Crippen LogP contribution in [-0.4, -0.2) is 24.2 Å². The predicted molar refractivity (Wildman–Crippen MR) is 79.2 cm³/mol. The topological polar surface area (TPSA) is 49.3 Å². The molecular formula is C15H20BrNO2. The summed E-state index contributed by atoms with van der Waals surface area (Å²) >= 11 is 3.40. The number of amides is 1. The van der Waals surface area contributed by atoms with E-state index in [1.54, 1.807) is 0 Å². The van der Waals surface area contributed by atoms with Crippen molar-refractivity contribution in [1.29, 1.82) is 0 Å². The minimum atomic E-state index is -0.105. The van der Waals surface area contributed by atoms with Crippen LogP contribution in [0.3, 0.4) is 0 Å². The first-order valence-electron chi connectivity index (χ1n) is 6.72. The van der Waals surface area contributed by atoms with E-state index in [1.165, 1.54) is 0 Å². The summed E-state index contributed by atoms with van der Waals surface area (Å²) < 4.78 is 0.806. The Morgan fingerprint density at radius 2 is 2.11 bits per heavy atom. The van der Waals surface area contributed by atoms with Crippen molar-refractivity contribution < 1.29 is 9.90 Å². The van der Waals surface area contributed by atoms with Gasteiger partial charge in [-0.25, -0.2) is 0 Å². The molecule has 0 bridgehead atoms. The summed E-state index contributed by atoms with van der Waals surface area (Å²) in [6, 6.07) is 5.73. The van der Waals surface area contributed by atoms with Crippen LogP contribution in [0.4, 0.5) is 0 Å². The van der Waals surface area contributed by atoms with Gasteiger partial charge in [0.15, 0.2) is 0 Å². The van der Waals surface area contributed by atoms with Crippen LogP contribution in [0.15, 0.2) is 22.7 Å². The monoisotopic (exact) mass is 325 g/mol. The SMILES string of the molecule is Cc1ccc(Br)c(C(=O)NCC2(CO)CCCC2)c1. The van der Waals surface area contributed by atoms with E-state index in [9.17, 15) is 9.90 Å². The number of halogens is 1. The van der Waals surface area contributed by atoms with Gasteiger partial charge in [0.2, 0.25) is 0 Å². The van der Waals surface area contributed by atoms with Gasteiger partial charge in [-0.05, 0) is 47.8 Å². The zero-order valence-electron chi connectivity index (χ0n) is 11.2. The molecule has 0 aliphatic heterocycles. The number of aryl methyl sites for hydroxylation is 1. The third-order valence-corrected chi connectivity index (χ3v) is 4.68. The van der Waals surface area contributed by atoms with Crippen LogP contribution in [0.2, 0.25) is 0 Å². The smallest absolute Gasteiger partial charge is 0.252 e. The van der Waals surface area contributed by atoms with E-state index in [-0.39, 0.29) is 17.9 Å². The molecule has 0 radical (unpaired) electrons. The van der Waals surface area contributed by atoms with Crippen LogP contribution < -0.4 is 5.32 Å². The van der Waals surface area contributed by atoms with Crippen LogP contribution in [0.1, 0.15) is 41.6 Å². The van der Waals surface area contributed by atoms with Crippen molar-refractivity contribution in [3.05, 3.63) is 33.8 Å². The Kier molecular flexibility index (Phi) is 4.63. The highest BCUT2D eigenvalue weighted by molar-refractivity contribution is 9.10. The highest BCUT2D eigenvalue weighted by atomic mass is 79.9. The first-order chi connectivity index (χ1) is 9.06. The molecular weight excluding hydrogens is 306 g/mol. The fraction of sp³-hybridized carbons (Fsp3) is 0.533. The zero-order valence-corrected chi connectivity index (χ0v) is 12.8. The molecule has 104 valence electrons. The lowest BCUT2D eigenvalue weighted by Gasteiger charge is -2.26. The molecule has 4 heteroatoms. The van der Waals surface area contributed by atoms with Crippen molar-refractivity contribution in [3.8, 4) is 0 Å². The molecule has 0 heterocycles. The van der Waals surface area contributed by atoms with Gasteiger partial charge in [0, 0.05) is 16.4 Å². The summed E-state index contributed by atoms with van der Waals surface area (Å²) in [4.78, 5) is 12.2. The van der Waals surface area contributed by atoms with Crippen molar-refractivity contribution in [2.45, 2.75) is 32.6 Å². The first kappa shape index (κ1) is 14.5. The van der Waals surface area contributed by atoms with E-state index < -0.39 is 0 Å². The molecule has 0 unspecified atom stereocenters. The van der Waals surface area contributed by atoms with Crippen LogP contribution in [0.25, 0.3) is 0 Å². The molecule has 2 rings (SSSR count). The van der Waals surface area contributed by atoms with Gasteiger partial charge in [-0.15, -0.1) is 0 Å². The molecule has 1 aromatic carbocycles. The highest BCUT2D eigenvalue weighted by Crippen LogP contribution is 2.37. The Morgan fingerprint density at radius 3 is 2.74 bits per heavy atom. The van der Waals surface area contributed by atoms with Gasteiger partial charge in [-0.1, -0.05) is 24.5 Å². The van der Waals surface area contributed by atoms with Gasteiger partial charge in [0.05, 0.1) is 12.2 Å². The van der Waals surface area contributed by atoms with E-state index in [4.69, 9.17) is 0 Å². The van der Waals surface area contributed by atoms with E-state index in [1.807, 2.05) is 25.1 Å². The quantitative estimate of drug-likeness (QED) is 0.893. The molecule has 1 aliphatic rings. The summed E-state index contributed by atoms with van der Waals surface area (Å²) in [6.07, 6.45) is 4.28. The third kappa shape index (κ3) is 3.37. The number of benzene rings is 1. The molecule has 2 N–H and O–H groups in total. The summed E-state index contributed by atoms with van der Waals surface area (Å²) in [6.45, 7) is 2.68. The Balaban J connectivity index is 2.03. The summed E-state index contributed by atoms with van der Waals surface area (Å²) in [5.74, 6) is -0.0738.